The van der Waals surface area contributed by atoms with Gasteiger partial charge in [-0.1, -0.05) is 56.5 Å². The second-order valence-electron chi connectivity index (χ2n) is 7.69. The highest BCUT2D eigenvalue weighted by Gasteiger charge is 2.18. The molecule has 1 aliphatic carbocycles. The van der Waals surface area contributed by atoms with Crippen LogP contribution in [-0.4, -0.2) is 0 Å². The van der Waals surface area contributed by atoms with Gasteiger partial charge in [0.15, 0.2) is 0 Å². The minimum Gasteiger partial charge on any atom is -0.207 e. The monoisotopic (exact) mass is 338 g/mol. The predicted molar refractivity (Wildman–Crippen MR) is 105 cm³/mol. The van der Waals surface area contributed by atoms with E-state index in [1.54, 1.807) is 12.1 Å². The molecule has 2 aromatic rings. The summed E-state index contributed by atoms with van der Waals surface area (Å²) in [6.07, 6.45) is 12.3. The molecule has 0 nitrogen and oxygen atoms in total. The summed E-state index contributed by atoms with van der Waals surface area (Å²) in [6, 6.07) is 14.6. The van der Waals surface area contributed by atoms with Crippen molar-refractivity contribution < 1.29 is 4.39 Å². The Morgan fingerprint density at radius 1 is 0.880 bits per heavy atom. The van der Waals surface area contributed by atoms with Crippen molar-refractivity contribution in [3.8, 4) is 0 Å². The van der Waals surface area contributed by atoms with E-state index in [1.165, 1.54) is 67.2 Å². The SMILES string of the molecule is CCCCCCc1ccc(CCC2CCc3ccc(F)cc3C2)cc1. The lowest BCUT2D eigenvalue weighted by Gasteiger charge is -2.24. The molecule has 134 valence electrons. The fourth-order valence-corrected chi connectivity index (χ4v) is 4.05. The van der Waals surface area contributed by atoms with Gasteiger partial charge in [-0.05, 0) is 85.3 Å². The molecule has 1 heteroatoms. The van der Waals surface area contributed by atoms with Gasteiger partial charge < -0.3 is 0 Å². The van der Waals surface area contributed by atoms with Gasteiger partial charge in [0.25, 0.3) is 0 Å². The van der Waals surface area contributed by atoms with E-state index in [1.807, 2.05) is 6.07 Å². The van der Waals surface area contributed by atoms with Gasteiger partial charge in [0.05, 0.1) is 0 Å². The number of rotatable bonds is 8. The van der Waals surface area contributed by atoms with Gasteiger partial charge in [-0.3, -0.25) is 0 Å². The van der Waals surface area contributed by atoms with E-state index in [0.29, 0.717) is 5.92 Å². The molecule has 0 saturated heterocycles. The van der Waals surface area contributed by atoms with Crippen LogP contribution in [0.25, 0.3) is 0 Å². The average molecular weight is 339 g/mol. The summed E-state index contributed by atoms with van der Waals surface area (Å²) in [5.41, 5.74) is 5.51. The molecule has 1 aliphatic rings. The van der Waals surface area contributed by atoms with Crippen LogP contribution in [0.1, 0.15) is 67.7 Å². The van der Waals surface area contributed by atoms with Crippen molar-refractivity contribution in [1.82, 2.24) is 0 Å². The summed E-state index contributed by atoms with van der Waals surface area (Å²) in [4.78, 5) is 0. The molecule has 3 rings (SSSR count). The molecule has 0 amide bonds. The van der Waals surface area contributed by atoms with Crippen molar-refractivity contribution >= 4 is 0 Å². The summed E-state index contributed by atoms with van der Waals surface area (Å²) >= 11 is 0. The molecular weight excluding hydrogens is 307 g/mol. The fourth-order valence-electron chi connectivity index (χ4n) is 4.05. The largest absolute Gasteiger partial charge is 0.207 e. The summed E-state index contributed by atoms with van der Waals surface area (Å²) in [5, 5.41) is 0. The van der Waals surface area contributed by atoms with Crippen LogP contribution in [0.2, 0.25) is 0 Å². The van der Waals surface area contributed by atoms with Crippen molar-refractivity contribution in [2.24, 2.45) is 5.92 Å². The Morgan fingerprint density at radius 3 is 2.40 bits per heavy atom. The zero-order valence-electron chi connectivity index (χ0n) is 15.6. The Morgan fingerprint density at radius 2 is 1.64 bits per heavy atom. The first-order chi connectivity index (χ1) is 12.2. The van der Waals surface area contributed by atoms with Gasteiger partial charge in [0, 0.05) is 0 Å². The van der Waals surface area contributed by atoms with E-state index in [0.717, 1.165) is 19.3 Å². The Balaban J connectivity index is 1.46. The van der Waals surface area contributed by atoms with Crippen LogP contribution in [0.15, 0.2) is 42.5 Å². The van der Waals surface area contributed by atoms with E-state index in [2.05, 4.69) is 31.2 Å². The first-order valence-corrected chi connectivity index (χ1v) is 10.1. The van der Waals surface area contributed by atoms with Crippen LogP contribution >= 0.6 is 0 Å². The van der Waals surface area contributed by atoms with Crippen LogP contribution in [0.3, 0.4) is 0 Å². The van der Waals surface area contributed by atoms with E-state index >= 15 is 0 Å². The lowest BCUT2D eigenvalue weighted by Crippen LogP contribution is -2.15. The topological polar surface area (TPSA) is 0 Å². The zero-order valence-corrected chi connectivity index (χ0v) is 15.6. The molecule has 0 saturated carbocycles. The fraction of sp³-hybridized carbons (Fsp3) is 0.500. The molecule has 0 radical (unpaired) electrons. The maximum Gasteiger partial charge on any atom is 0.123 e. The van der Waals surface area contributed by atoms with Gasteiger partial charge in [0.2, 0.25) is 0 Å². The Hall–Kier alpha value is -1.63. The molecular formula is C24H31F. The number of hydrogen-bond donors (Lipinski definition) is 0. The number of halogens is 1. The molecule has 0 aromatic heterocycles. The van der Waals surface area contributed by atoms with Crippen molar-refractivity contribution in [3.05, 3.63) is 70.5 Å². The van der Waals surface area contributed by atoms with Crippen LogP contribution < -0.4 is 0 Å². The van der Waals surface area contributed by atoms with Crippen molar-refractivity contribution in [2.75, 3.05) is 0 Å². The van der Waals surface area contributed by atoms with E-state index < -0.39 is 0 Å². The lowest BCUT2D eigenvalue weighted by atomic mass is 9.81. The maximum atomic E-state index is 13.4. The minimum absolute atomic E-state index is 0.0890. The van der Waals surface area contributed by atoms with Crippen LogP contribution in [0, 0.1) is 11.7 Å². The maximum absolute atomic E-state index is 13.4. The predicted octanol–water partition coefficient (Wildman–Crippen LogP) is 6.69. The lowest BCUT2D eigenvalue weighted by molar-refractivity contribution is 0.425. The summed E-state index contributed by atoms with van der Waals surface area (Å²) in [5.74, 6) is 0.608. The third-order valence-corrected chi connectivity index (χ3v) is 5.68. The molecule has 0 spiro atoms. The standard InChI is InChI=1S/C24H31F/c1-2-3-4-5-6-19-7-9-20(10-8-19)11-12-21-13-14-22-15-16-24(25)18-23(22)17-21/h7-10,15-16,18,21H,2-6,11-14,17H2,1H3. The quantitative estimate of drug-likeness (QED) is 0.471. The molecule has 0 aliphatic heterocycles. The van der Waals surface area contributed by atoms with Gasteiger partial charge in [0.1, 0.15) is 5.82 Å². The second kappa shape index (κ2) is 9.17. The number of fused-ring (bicyclic) bond motifs is 1. The first-order valence-electron chi connectivity index (χ1n) is 10.1. The summed E-state index contributed by atoms with van der Waals surface area (Å²) in [6.45, 7) is 2.26. The highest BCUT2D eigenvalue weighted by atomic mass is 19.1. The Bertz CT molecular complexity index is 656. The Kier molecular flexibility index (Phi) is 6.67. The zero-order chi connectivity index (χ0) is 17.5. The van der Waals surface area contributed by atoms with Gasteiger partial charge in [-0.15, -0.1) is 0 Å². The molecule has 1 unspecified atom stereocenters. The van der Waals surface area contributed by atoms with Crippen molar-refractivity contribution in [3.63, 3.8) is 0 Å². The normalized spacial score (nSPS) is 16.6. The molecule has 2 aromatic carbocycles. The van der Waals surface area contributed by atoms with E-state index in [9.17, 15) is 4.39 Å². The number of hydrogen-bond acceptors (Lipinski definition) is 0. The highest BCUT2D eigenvalue weighted by molar-refractivity contribution is 5.30. The van der Waals surface area contributed by atoms with E-state index in [4.69, 9.17) is 0 Å². The van der Waals surface area contributed by atoms with Crippen molar-refractivity contribution in [2.45, 2.75) is 71.1 Å². The number of unbranched alkanes of at least 4 members (excludes halogenated alkanes) is 3. The first kappa shape index (κ1) is 18.2. The van der Waals surface area contributed by atoms with Gasteiger partial charge in [-0.2, -0.15) is 0 Å². The molecule has 25 heavy (non-hydrogen) atoms. The van der Waals surface area contributed by atoms with Crippen LogP contribution in [0.5, 0.6) is 0 Å². The van der Waals surface area contributed by atoms with E-state index in [-0.39, 0.29) is 5.82 Å². The van der Waals surface area contributed by atoms with Crippen molar-refractivity contribution in [1.29, 1.82) is 0 Å². The number of benzene rings is 2. The summed E-state index contributed by atoms with van der Waals surface area (Å²) in [7, 11) is 0. The molecule has 0 bridgehead atoms. The third kappa shape index (κ3) is 5.42. The van der Waals surface area contributed by atoms with Gasteiger partial charge in [-0.25, -0.2) is 4.39 Å². The number of aryl methyl sites for hydroxylation is 3. The molecule has 0 N–H and O–H groups in total. The van der Waals surface area contributed by atoms with Gasteiger partial charge >= 0.3 is 0 Å². The second-order valence-corrected chi connectivity index (χ2v) is 7.69. The average Bonchev–Trinajstić information content (AvgIpc) is 2.64. The smallest absolute Gasteiger partial charge is 0.123 e. The highest BCUT2D eigenvalue weighted by Crippen LogP contribution is 2.29. The van der Waals surface area contributed by atoms with Crippen LogP contribution in [0.4, 0.5) is 4.39 Å². The van der Waals surface area contributed by atoms with Crippen LogP contribution in [-0.2, 0) is 25.7 Å². The third-order valence-electron chi connectivity index (χ3n) is 5.68. The summed E-state index contributed by atoms with van der Waals surface area (Å²) < 4.78 is 13.4. The molecule has 0 fully saturated rings. The minimum atomic E-state index is -0.0890. The molecule has 1 atom stereocenters. The Labute approximate surface area is 152 Å². The molecule has 0 heterocycles.